The van der Waals surface area contributed by atoms with Crippen molar-refractivity contribution in [3.63, 3.8) is 0 Å². The average molecular weight is 368 g/mol. The lowest BCUT2D eigenvalue weighted by Gasteiger charge is -2.20. The van der Waals surface area contributed by atoms with Crippen LogP contribution in [0.2, 0.25) is 10.0 Å². The Hall–Kier alpha value is -0.290. The van der Waals surface area contributed by atoms with E-state index < -0.39 is 0 Å². The maximum absolute atomic E-state index is 11.8. The number of hydrogen-bond donors (Lipinski definition) is 2. The Morgan fingerprint density at radius 1 is 1.26 bits per heavy atom. The minimum Gasteiger partial charge on any atom is -0.325 e. The van der Waals surface area contributed by atoms with E-state index in [4.69, 9.17) is 23.2 Å². The summed E-state index contributed by atoms with van der Waals surface area (Å²) < 4.78 is 0.701. The van der Waals surface area contributed by atoms with Crippen LogP contribution in [0.25, 0.3) is 0 Å². The van der Waals surface area contributed by atoms with Gasteiger partial charge in [0.05, 0.1) is 15.7 Å². The smallest absolute Gasteiger partial charge is 0.225 e. The Balaban J connectivity index is 2.56. The molecule has 0 unspecified atom stereocenters. The lowest BCUT2D eigenvalue weighted by atomic mass is 10.1. The quantitative estimate of drug-likeness (QED) is 0.770. The van der Waals surface area contributed by atoms with Gasteiger partial charge >= 0.3 is 0 Å². The van der Waals surface area contributed by atoms with E-state index in [1.807, 2.05) is 0 Å². The van der Waals surface area contributed by atoms with Crippen molar-refractivity contribution < 1.29 is 4.79 Å². The number of hydrogen-bond acceptors (Lipinski definition) is 2. The molecule has 0 heterocycles. The molecule has 0 atom stereocenters. The molecule has 6 heteroatoms. The second-order valence-corrected chi connectivity index (χ2v) is 6.81. The molecule has 2 N–H and O–H groups in total. The van der Waals surface area contributed by atoms with Crippen LogP contribution in [0.4, 0.5) is 5.69 Å². The predicted octanol–water partition coefficient (Wildman–Crippen LogP) is 4.47. The lowest BCUT2D eigenvalue weighted by molar-refractivity contribution is -0.116. The molecule has 0 aliphatic rings. The van der Waals surface area contributed by atoms with Crippen LogP contribution in [0.3, 0.4) is 0 Å². The van der Waals surface area contributed by atoms with Crippen LogP contribution in [0.15, 0.2) is 16.6 Å². The van der Waals surface area contributed by atoms with E-state index in [0.717, 1.165) is 0 Å². The van der Waals surface area contributed by atoms with Gasteiger partial charge in [-0.3, -0.25) is 4.79 Å². The van der Waals surface area contributed by atoms with Gasteiger partial charge in [0.15, 0.2) is 0 Å². The minimum atomic E-state index is -0.1000. The number of amides is 1. The van der Waals surface area contributed by atoms with Crippen LogP contribution in [0.5, 0.6) is 0 Å². The highest BCUT2D eigenvalue weighted by Crippen LogP contribution is 2.35. The number of nitrogens with one attached hydrogen (secondary N) is 2. The number of carbonyl (C=O) groups excluding carboxylic acids is 1. The molecule has 1 aromatic rings. The van der Waals surface area contributed by atoms with Gasteiger partial charge in [0.2, 0.25) is 5.91 Å². The molecular weight excluding hydrogens is 351 g/mol. The minimum absolute atomic E-state index is 0.00115. The van der Waals surface area contributed by atoms with E-state index in [0.29, 0.717) is 33.2 Å². The summed E-state index contributed by atoms with van der Waals surface area (Å²) in [6, 6.07) is 3.46. The standard InChI is InChI=1S/C13H17BrCl2N2O/c1-13(2,3)17-7-6-10(19)18-9-5-4-8(14)11(15)12(9)16/h4-5,17H,6-7H2,1-3H3,(H,18,19). The first-order valence-electron chi connectivity index (χ1n) is 5.89. The van der Waals surface area contributed by atoms with Crippen LogP contribution < -0.4 is 10.6 Å². The number of rotatable bonds is 4. The molecule has 0 saturated carbocycles. The summed E-state index contributed by atoms with van der Waals surface area (Å²) in [7, 11) is 0. The molecule has 0 aliphatic carbocycles. The van der Waals surface area contributed by atoms with Crippen molar-refractivity contribution >= 4 is 50.7 Å². The molecule has 0 aromatic heterocycles. The summed E-state index contributed by atoms with van der Waals surface area (Å²) in [5, 5.41) is 6.73. The Bertz CT molecular complexity index is 472. The summed E-state index contributed by atoms with van der Waals surface area (Å²) in [5.74, 6) is -0.1000. The summed E-state index contributed by atoms with van der Waals surface area (Å²) in [6.45, 7) is 6.76. The zero-order valence-corrected chi connectivity index (χ0v) is 14.2. The highest BCUT2D eigenvalue weighted by atomic mass is 79.9. The van der Waals surface area contributed by atoms with Gasteiger partial charge in [-0.2, -0.15) is 0 Å². The molecule has 0 spiro atoms. The molecule has 1 rings (SSSR count). The molecule has 19 heavy (non-hydrogen) atoms. The van der Waals surface area contributed by atoms with Gasteiger partial charge < -0.3 is 10.6 Å². The lowest BCUT2D eigenvalue weighted by Crippen LogP contribution is -2.37. The number of benzene rings is 1. The van der Waals surface area contributed by atoms with Gasteiger partial charge in [0, 0.05) is 23.0 Å². The first-order chi connectivity index (χ1) is 8.70. The summed E-state index contributed by atoms with van der Waals surface area (Å²) in [6.07, 6.45) is 0.376. The van der Waals surface area contributed by atoms with Gasteiger partial charge in [0.25, 0.3) is 0 Å². The van der Waals surface area contributed by atoms with E-state index in [1.165, 1.54) is 0 Å². The molecule has 0 bridgehead atoms. The monoisotopic (exact) mass is 366 g/mol. The predicted molar refractivity (Wildman–Crippen MR) is 85.2 cm³/mol. The van der Waals surface area contributed by atoms with Gasteiger partial charge in [-0.25, -0.2) is 0 Å². The Labute approximate surface area is 132 Å². The Morgan fingerprint density at radius 2 is 1.89 bits per heavy atom. The molecule has 1 amide bonds. The van der Waals surface area contributed by atoms with E-state index in [-0.39, 0.29) is 11.4 Å². The fourth-order valence-corrected chi connectivity index (χ4v) is 2.21. The molecular formula is C13H17BrCl2N2O. The summed E-state index contributed by atoms with van der Waals surface area (Å²) >= 11 is 15.3. The second kappa shape index (κ2) is 6.93. The van der Waals surface area contributed by atoms with E-state index in [2.05, 4.69) is 47.3 Å². The number of anilines is 1. The third-order valence-electron chi connectivity index (χ3n) is 2.32. The zero-order valence-electron chi connectivity index (χ0n) is 11.1. The van der Waals surface area contributed by atoms with E-state index >= 15 is 0 Å². The summed E-state index contributed by atoms with van der Waals surface area (Å²) in [4.78, 5) is 11.8. The average Bonchev–Trinajstić information content (AvgIpc) is 2.28. The van der Waals surface area contributed by atoms with Gasteiger partial charge in [-0.05, 0) is 48.8 Å². The third-order valence-corrected chi connectivity index (χ3v) is 4.09. The van der Waals surface area contributed by atoms with E-state index in [1.54, 1.807) is 12.1 Å². The van der Waals surface area contributed by atoms with Crippen molar-refractivity contribution in [2.24, 2.45) is 0 Å². The van der Waals surface area contributed by atoms with Crippen LogP contribution in [-0.4, -0.2) is 18.0 Å². The SMILES string of the molecule is CC(C)(C)NCCC(=O)Nc1ccc(Br)c(Cl)c1Cl. The van der Waals surface area contributed by atoms with Crippen LogP contribution in [0.1, 0.15) is 27.2 Å². The van der Waals surface area contributed by atoms with Crippen molar-refractivity contribution in [2.75, 3.05) is 11.9 Å². The highest BCUT2D eigenvalue weighted by Gasteiger charge is 2.12. The molecule has 0 saturated heterocycles. The molecule has 106 valence electrons. The first kappa shape index (κ1) is 16.8. The number of carbonyl (C=O) groups is 1. The first-order valence-corrected chi connectivity index (χ1v) is 7.44. The van der Waals surface area contributed by atoms with Crippen molar-refractivity contribution in [2.45, 2.75) is 32.7 Å². The van der Waals surface area contributed by atoms with Crippen molar-refractivity contribution in [3.05, 3.63) is 26.7 Å². The Kier molecular flexibility index (Phi) is 6.12. The molecule has 0 fully saturated rings. The zero-order chi connectivity index (χ0) is 14.6. The largest absolute Gasteiger partial charge is 0.325 e. The van der Waals surface area contributed by atoms with Crippen LogP contribution >= 0.6 is 39.1 Å². The third kappa shape index (κ3) is 5.69. The van der Waals surface area contributed by atoms with Gasteiger partial charge in [0.1, 0.15) is 0 Å². The van der Waals surface area contributed by atoms with Gasteiger partial charge in [-0.15, -0.1) is 0 Å². The number of halogens is 3. The maximum atomic E-state index is 11.8. The second-order valence-electron chi connectivity index (χ2n) is 5.20. The highest BCUT2D eigenvalue weighted by molar-refractivity contribution is 9.10. The van der Waals surface area contributed by atoms with Crippen LogP contribution in [-0.2, 0) is 4.79 Å². The Morgan fingerprint density at radius 3 is 2.47 bits per heavy atom. The van der Waals surface area contributed by atoms with Crippen LogP contribution in [0, 0.1) is 0 Å². The fraction of sp³-hybridized carbons (Fsp3) is 0.462. The van der Waals surface area contributed by atoms with Crippen molar-refractivity contribution in [1.82, 2.24) is 5.32 Å². The molecule has 0 aliphatic heterocycles. The fourth-order valence-electron chi connectivity index (χ4n) is 1.39. The maximum Gasteiger partial charge on any atom is 0.225 e. The van der Waals surface area contributed by atoms with Crippen molar-refractivity contribution in [3.8, 4) is 0 Å². The van der Waals surface area contributed by atoms with E-state index in [9.17, 15) is 4.79 Å². The normalized spacial score (nSPS) is 11.5. The molecule has 1 aromatic carbocycles. The summed E-state index contributed by atoms with van der Waals surface area (Å²) in [5.41, 5.74) is 0.523. The molecule has 3 nitrogen and oxygen atoms in total. The molecule has 0 radical (unpaired) electrons. The topological polar surface area (TPSA) is 41.1 Å². The van der Waals surface area contributed by atoms with Gasteiger partial charge in [-0.1, -0.05) is 23.2 Å². The van der Waals surface area contributed by atoms with Crippen molar-refractivity contribution in [1.29, 1.82) is 0 Å².